The van der Waals surface area contributed by atoms with Crippen LogP contribution in [0.15, 0.2) is 87.5 Å². The average Bonchev–Trinajstić information content (AvgIpc) is 3.04. The monoisotopic (exact) mass is 723 g/mol. The summed E-state index contributed by atoms with van der Waals surface area (Å²) in [7, 11) is -4.38. The second-order valence-electron chi connectivity index (χ2n) is 10.7. The first kappa shape index (κ1) is 34.0. The molecule has 16 nitrogen and oxygen atoms in total. The Bertz CT molecular complexity index is 2270. The maximum absolute atomic E-state index is 12.4. The minimum atomic E-state index is -4.38. The number of aromatic nitrogens is 3. The number of aryl methyl sites for hydroxylation is 1. The van der Waals surface area contributed by atoms with Crippen LogP contribution < -0.4 is 21.7 Å². The van der Waals surface area contributed by atoms with Crippen LogP contribution in [-0.4, -0.2) is 55.7 Å². The largest absolute Gasteiger partial charge is 0.768 e. The molecule has 0 spiro atoms. The number of aliphatic hydroxyl groups is 2. The van der Waals surface area contributed by atoms with Gasteiger partial charge in [-0.1, -0.05) is 24.3 Å². The highest BCUT2D eigenvalue weighted by atomic mass is 32.2. The van der Waals surface area contributed by atoms with Crippen LogP contribution in [0.3, 0.4) is 0 Å². The molecule has 19 heteroatoms. The average molecular weight is 724 g/mol. The van der Waals surface area contributed by atoms with Gasteiger partial charge < -0.3 is 41.0 Å². The van der Waals surface area contributed by atoms with Crippen LogP contribution in [0.4, 0.5) is 40.3 Å². The maximum Gasteiger partial charge on any atom is 0.294 e. The third-order valence-corrected chi connectivity index (χ3v) is 9.83. The van der Waals surface area contributed by atoms with Gasteiger partial charge in [-0.05, 0) is 88.7 Å². The SMILES string of the molecule is Cc1nc(Nc2ccc(S(=O)(=O)O)cc2)nc(Nc2ccc(Nc3cc(S(=O)[O-])c(N)c4c3C(O)c3ccccc3C4O)cc2S(=O)[O-])n1. The van der Waals surface area contributed by atoms with Crippen LogP contribution in [-0.2, 0) is 32.3 Å². The van der Waals surface area contributed by atoms with E-state index in [0.717, 1.165) is 0 Å². The number of fused-ring (bicyclic) bond motifs is 2. The lowest BCUT2D eigenvalue weighted by molar-refractivity contribution is 0.174. The lowest BCUT2D eigenvalue weighted by atomic mass is 9.80. The quantitative estimate of drug-likeness (QED) is 0.0653. The van der Waals surface area contributed by atoms with E-state index in [2.05, 4.69) is 30.9 Å². The van der Waals surface area contributed by atoms with Gasteiger partial charge in [0.1, 0.15) is 18.0 Å². The number of hydrogen-bond donors (Lipinski definition) is 7. The Balaban J connectivity index is 1.32. The first-order valence-corrected chi connectivity index (χ1v) is 17.7. The first-order valence-electron chi connectivity index (χ1n) is 14.1. The lowest BCUT2D eigenvalue weighted by Crippen LogP contribution is -2.22. The van der Waals surface area contributed by atoms with E-state index < -0.39 is 44.5 Å². The normalized spacial score (nSPS) is 16.6. The summed E-state index contributed by atoms with van der Waals surface area (Å²) in [6, 6.07) is 17.0. The van der Waals surface area contributed by atoms with Crippen molar-refractivity contribution in [1.29, 1.82) is 0 Å². The fraction of sp³-hybridized carbons (Fsp3) is 0.100. The molecular weight excluding hydrogens is 699 g/mol. The van der Waals surface area contributed by atoms with Crippen molar-refractivity contribution in [1.82, 2.24) is 15.0 Å². The summed E-state index contributed by atoms with van der Waals surface area (Å²) < 4.78 is 80.8. The smallest absolute Gasteiger partial charge is 0.294 e. The van der Waals surface area contributed by atoms with Crippen molar-refractivity contribution >= 4 is 72.6 Å². The molecule has 4 aromatic carbocycles. The molecule has 254 valence electrons. The van der Waals surface area contributed by atoms with Gasteiger partial charge in [-0.3, -0.25) is 13.0 Å². The second-order valence-corrected chi connectivity index (χ2v) is 13.9. The van der Waals surface area contributed by atoms with Crippen LogP contribution in [0.2, 0.25) is 0 Å². The van der Waals surface area contributed by atoms with E-state index in [-0.39, 0.29) is 66.3 Å². The van der Waals surface area contributed by atoms with Gasteiger partial charge in [-0.15, -0.1) is 0 Å². The molecule has 1 heterocycles. The third kappa shape index (κ3) is 6.86. The summed E-state index contributed by atoms with van der Waals surface area (Å²) in [5.41, 5.74) is 7.54. The van der Waals surface area contributed by atoms with Crippen LogP contribution in [0.25, 0.3) is 0 Å². The molecular formula is C30H25N7O9S3-2. The highest BCUT2D eigenvalue weighted by molar-refractivity contribution is 7.85. The summed E-state index contributed by atoms with van der Waals surface area (Å²) in [6.07, 6.45) is -2.66. The molecule has 0 amide bonds. The van der Waals surface area contributed by atoms with Gasteiger partial charge in [-0.25, -0.2) is 0 Å². The molecule has 1 aromatic heterocycles. The van der Waals surface area contributed by atoms with Crippen LogP contribution in [0.1, 0.15) is 40.3 Å². The van der Waals surface area contributed by atoms with Crippen molar-refractivity contribution in [3.8, 4) is 0 Å². The van der Waals surface area contributed by atoms with Crippen molar-refractivity contribution in [2.75, 3.05) is 21.7 Å². The number of nitrogen functional groups attached to an aromatic ring is 1. The molecule has 1 aliphatic carbocycles. The standard InChI is InChI=1S/C30H27N7O9S3/c1-14-32-29(35-15-6-9-17(10-7-15)49(44,45)46)37-30(33-14)36-20-11-8-16(12-22(20)47(40)41)34-21-13-23(48(42)43)26(31)25-24(21)27(38)18-4-2-3-5-19(18)28(25)39/h2-13,27-28,34,38-39H,31H2,1H3,(H,40,41)(H,42,43)(H,44,45,46)(H2,32,33,35,36,37)/p-2. The number of nitrogens with one attached hydrogen (secondary N) is 3. The molecule has 1 aliphatic rings. The number of hydrogen-bond acceptors (Lipinski definition) is 15. The van der Waals surface area contributed by atoms with E-state index in [0.29, 0.717) is 16.8 Å². The fourth-order valence-electron chi connectivity index (χ4n) is 5.41. The highest BCUT2D eigenvalue weighted by Crippen LogP contribution is 2.48. The minimum absolute atomic E-state index is 0.00491. The Morgan fingerprint density at radius 3 is 1.90 bits per heavy atom. The molecule has 4 atom stereocenters. The zero-order chi connectivity index (χ0) is 35.2. The highest BCUT2D eigenvalue weighted by Gasteiger charge is 2.35. The van der Waals surface area contributed by atoms with E-state index >= 15 is 0 Å². The second kappa shape index (κ2) is 13.2. The van der Waals surface area contributed by atoms with E-state index in [1.807, 2.05) is 0 Å². The maximum atomic E-state index is 12.4. The zero-order valence-electron chi connectivity index (χ0n) is 25.0. The summed E-state index contributed by atoms with van der Waals surface area (Å²) in [5, 5.41) is 31.2. The van der Waals surface area contributed by atoms with Gasteiger partial charge in [0.25, 0.3) is 10.1 Å². The molecule has 0 bridgehead atoms. The van der Waals surface area contributed by atoms with Gasteiger partial charge in [0.2, 0.25) is 11.9 Å². The van der Waals surface area contributed by atoms with Crippen molar-refractivity contribution in [3.63, 3.8) is 0 Å². The summed E-state index contributed by atoms with van der Waals surface area (Å²) in [6.45, 7) is 1.57. The molecule has 4 unspecified atom stereocenters. The molecule has 8 N–H and O–H groups in total. The van der Waals surface area contributed by atoms with Gasteiger partial charge in [0.05, 0.1) is 26.1 Å². The van der Waals surface area contributed by atoms with Crippen molar-refractivity contribution in [3.05, 3.63) is 101 Å². The Kier molecular flexibility index (Phi) is 9.17. The molecule has 0 saturated carbocycles. The van der Waals surface area contributed by atoms with Crippen LogP contribution in [0.5, 0.6) is 0 Å². The minimum Gasteiger partial charge on any atom is -0.768 e. The summed E-state index contributed by atoms with van der Waals surface area (Å²) in [5.74, 6) is 0.252. The molecule has 0 saturated heterocycles. The van der Waals surface area contributed by atoms with Crippen molar-refractivity contribution < 1.29 is 40.7 Å². The topological polar surface area (TPSA) is 276 Å². The van der Waals surface area contributed by atoms with Crippen LogP contribution >= 0.6 is 0 Å². The molecule has 49 heavy (non-hydrogen) atoms. The summed E-state index contributed by atoms with van der Waals surface area (Å²) >= 11 is -5.64. The first-order chi connectivity index (χ1) is 23.2. The summed E-state index contributed by atoms with van der Waals surface area (Å²) in [4.78, 5) is 11.8. The molecule has 6 rings (SSSR count). The van der Waals surface area contributed by atoms with E-state index in [1.54, 1.807) is 31.2 Å². The lowest BCUT2D eigenvalue weighted by Gasteiger charge is -2.33. The third-order valence-electron chi connectivity index (χ3n) is 7.57. The predicted molar refractivity (Wildman–Crippen MR) is 177 cm³/mol. The zero-order valence-corrected chi connectivity index (χ0v) is 27.5. The van der Waals surface area contributed by atoms with Crippen molar-refractivity contribution in [2.45, 2.75) is 33.8 Å². The molecule has 5 aromatic rings. The van der Waals surface area contributed by atoms with Gasteiger partial charge in [-0.2, -0.15) is 23.4 Å². The number of rotatable bonds is 9. The van der Waals surface area contributed by atoms with E-state index in [9.17, 15) is 40.7 Å². The Labute approximate surface area is 283 Å². The van der Waals surface area contributed by atoms with Gasteiger partial charge in [0.15, 0.2) is 0 Å². The number of aliphatic hydroxyl groups excluding tert-OH is 2. The Hall–Kier alpha value is -4.86. The number of nitrogens with two attached hydrogens (primary N) is 1. The van der Waals surface area contributed by atoms with Gasteiger partial charge in [0, 0.05) is 28.2 Å². The molecule has 0 aliphatic heterocycles. The van der Waals surface area contributed by atoms with E-state index in [4.69, 9.17) is 5.73 Å². The van der Waals surface area contributed by atoms with Crippen LogP contribution in [0, 0.1) is 6.92 Å². The van der Waals surface area contributed by atoms with Crippen molar-refractivity contribution in [2.24, 2.45) is 0 Å². The number of anilines is 7. The number of benzene rings is 4. The predicted octanol–water partition coefficient (Wildman–Crippen LogP) is 3.19. The number of nitrogens with zero attached hydrogens (tertiary/aromatic N) is 3. The molecule has 0 radical (unpaired) electrons. The van der Waals surface area contributed by atoms with E-state index in [1.165, 1.54) is 48.5 Å². The fourth-order valence-corrected chi connectivity index (χ4v) is 6.92. The molecule has 0 fully saturated rings. The Morgan fingerprint density at radius 1 is 0.735 bits per heavy atom. The van der Waals surface area contributed by atoms with Gasteiger partial charge >= 0.3 is 0 Å². The Morgan fingerprint density at radius 2 is 1.31 bits per heavy atom.